The smallest absolute Gasteiger partial charge is 0.228 e. The summed E-state index contributed by atoms with van der Waals surface area (Å²) in [6.45, 7) is 2.24. The Morgan fingerprint density at radius 3 is 2.03 bits per heavy atom. The molecule has 1 rings (SSSR count). The molecule has 0 aliphatic rings. The summed E-state index contributed by atoms with van der Waals surface area (Å²) in [6, 6.07) is 7.30. The largest absolute Gasteiger partial charge is 0.495 e. The Morgan fingerprint density at radius 1 is 0.939 bits per heavy atom. The summed E-state index contributed by atoms with van der Waals surface area (Å²) >= 11 is 23.5. The summed E-state index contributed by atoms with van der Waals surface area (Å²) in [6.07, 6.45) is 12.8. The zero-order chi connectivity index (χ0) is 24.5. The summed E-state index contributed by atoms with van der Waals surface area (Å²) in [7, 11) is 1.57. The van der Waals surface area contributed by atoms with E-state index in [-0.39, 0.29) is 11.0 Å². The molecule has 0 saturated carbocycles. The van der Waals surface area contributed by atoms with Gasteiger partial charge in [-0.3, -0.25) is 4.79 Å². The van der Waals surface area contributed by atoms with Gasteiger partial charge in [-0.25, -0.2) is 0 Å². The fourth-order valence-corrected chi connectivity index (χ4v) is 3.98. The summed E-state index contributed by atoms with van der Waals surface area (Å²) in [5.41, 5.74) is 0.660. The molecule has 1 atom stereocenters. The van der Waals surface area contributed by atoms with E-state index >= 15 is 0 Å². The minimum atomic E-state index is -1.78. The minimum Gasteiger partial charge on any atom is -0.495 e. The van der Waals surface area contributed by atoms with Crippen molar-refractivity contribution in [2.24, 2.45) is 0 Å². The standard InChI is InChI=1S/C24H38Cl3N3O2S/c1-3-4-5-6-7-8-9-10-11-12-13-18-21(31)29-22(24(25,26)27)30-23(33)28-19-16-14-15-17-20(19)32-2/h14-17,22H,3-13,18H2,1-2H3,(H,29,31)(H2,28,30,33)/t22-/m0/s1. The Bertz CT molecular complexity index is 702. The van der Waals surface area contributed by atoms with E-state index in [1.807, 2.05) is 18.2 Å². The molecule has 1 aromatic carbocycles. The van der Waals surface area contributed by atoms with E-state index in [1.54, 1.807) is 13.2 Å². The van der Waals surface area contributed by atoms with Crippen LogP contribution in [-0.2, 0) is 4.79 Å². The molecule has 9 heteroatoms. The summed E-state index contributed by atoms with van der Waals surface area (Å²) in [4.78, 5) is 12.4. The second-order valence-corrected chi connectivity index (χ2v) is 10.9. The van der Waals surface area contributed by atoms with Crippen molar-refractivity contribution >= 4 is 63.7 Å². The summed E-state index contributed by atoms with van der Waals surface area (Å²) in [5, 5.41) is 8.80. The first-order valence-corrected chi connectivity index (χ1v) is 13.4. The Morgan fingerprint density at radius 2 is 1.48 bits per heavy atom. The van der Waals surface area contributed by atoms with Crippen molar-refractivity contribution in [1.82, 2.24) is 10.6 Å². The maximum Gasteiger partial charge on any atom is 0.228 e. The maximum atomic E-state index is 12.4. The normalized spacial score (nSPS) is 12.2. The number of carbonyl (C=O) groups excluding carboxylic acids is 1. The highest BCUT2D eigenvalue weighted by atomic mass is 35.6. The second kappa shape index (κ2) is 17.5. The molecule has 5 nitrogen and oxygen atoms in total. The molecular weight excluding hydrogens is 501 g/mol. The number of nitrogens with one attached hydrogen (secondary N) is 3. The van der Waals surface area contributed by atoms with Crippen LogP contribution in [0.4, 0.5) is 5.69 Å². The van der Waals surface area contributed by atoms with Crippen LogP contribution in [0.2, 0.25) is 0 Å². The third kappa shape index (κ3) is 14.1. The Balaban J connectivity index is 2.31. The number of thiocarbonyl (C=S) groups is 1. The average Bonchev–Trinajstić information content (AvgIpc) is 2.76. The molecule has 3 N–H and O–H groups in total. The van der Waals surface area contributed by atoms with Gasteiger partial charge in [0.2, 0.25) is 9.70 Å². The highest BCUT2D eigenvalue weighted by molar-refractivity contribution is 7.80. The van der Waals surface area contributed by atoms with Crippen molar-refractivity contribution in [3.63, 3.8) is 0 Å². The van der Waals surface area contributed by atoms with Crippen molar-refractivity contribution in [2.45, 2.75) is 93.9 Å². The van der Waals surface area contributed by atoms with E-state index < -0.39 is 9.96 Å². The molecule has 33 heavy (non-hydrogen) atoms. The first kappa shape index (κ1) is 30.1. The lowest BCUT2D eigenvalue weighted by atomic mass is 10.1. The third-order valence-corrected chi connectivity index (χ3v) is 6.15. The monoisotopic (exact) mass is 537 g/mol. The fraction of sp³-hybridized carbons (Fsp3) is 0.667. The van der Waals surface area contributed by atoms with E-state index in [4.69, 9.17) is 51.8 Å². The lowest BCUT2D eigenvalue weighted by molar-refractivity contribution is -0.122. The molecule has 1 amide bonds. The number of halogens is 3. The van der Waals surface area contributed by atoms with Crippen LogP contribution in [-0.4, -0.2) is 28.1 Å². The van der Waals surface area contributed by atoms with Gasteiger partial charge < -0.3 is 20.7 Å². The molecule has 0 heterocycles. The van der Waals surface area contributed by atoms with Crippen molar-refractivity contribution in [3.8, 4) is 5.75 Å². The first-order valence-electron chi connectivity index (χ1n) is 11.8. The molecule has 0 saturated heterocycles. The summed E-state index contributed by atoms with van der Waals surface area (Å²) in [5.74, 6) is 0.433. The van der Waals surface area contributed by atoms with Crippen LogP contribution < -0.4 is 20.7 Å². The Kier molecular flexibility index (Phi) is 15.9. The predicted molar refractivity (Wildman–Crippen MR) is 146 cm³/mol. The van der Waals surface area contributed by atoms with Crippen LogP contribution in [0.1, 0.15) is 84.0 Å². The number of alkyl halides is 3. The molecule has 188 valence electrons. The van der Waals surface area contributed by atoms with E-state index in [0.717, 1.165) is 19.3 Å². The Labute approximate surface area is 219 Å². The molecule has 0 bridgehead atoms. The van der Waals surface area contributed by atoms with Crippen LogP contribution in [0, 0.1) is 0 Å². The second-order valence-electron chi connectivity index (χ2n) is 8.13. The lowest BCUT2D eigenvalue weighted by Gasteiger charge is -2.28. The SMILES string of the molecule is CCCCCCCCCCCCCC(=O)N[C@@H](NC(=S)Nc1ccccc1OC)C(Cl)(Cl)Cl. The zero-order valence-electron chi connectivity index (χ0n) is 19.7. The average molecular weight is 539 g/mol. The van der Waals surface area contributed by atoms with Crippen LogP contribution >= 0.6 is 47.0 Å². The third-order valence-electron chi connectivity index (χ3n) is 5.27. The van der Waals surface area contributed by atoms with E-state index in [1.165, 1.54) is 51.4 Å². The fourth-order valence-electron chi connectivity index (χ4n) is 3.42. The molecule has 0 spiro atoms. The molecule has 0 aliphatic heterocycles. The summed E-state index contributed by atoms with van der Waals surface area (Å²) < 4.78 is 3.51. The highest BCUT2D eigenvalue weighted by Gasteiger charge is 2.34. The van der Waals surface area contributed by atoms with Gasteiger partial charge in [-0.05, 0) is 30.8 Å². The van der Waals surface area contributed by atoms with Gasteiger partial charge in [-0.1, -0.05) is 118 Å². The van der Waals surface area contributed by atoms with Crippen molar-refractivity contribution < 1.29 is 9.53 Å². The van der Waals surface area contributed by atoms with Crippen molar-refractivity contribution in [2.75, 3.05) is 12.4 Å². The van der Waals surface area contributed by atoms with Gasteiger partial charge in [-0.2, -0.15) is 0 Å². The quantitative estimate of drug-likeness (QED) is 0.0880. The number of hydrogen-bond donors (Lipinski definition) is 3. The number of unbranched alkanes of at least 4 members (excludes halogenated alkanes) is 10. The molecule has 0 fully saturated rings. The van der Waals surface area contributed by atoms with E-state index in [0.29, 0.717) is 17.9 Å². The van der Waals surface area contributed by atoms with Gasteiger partial charge in [0.1, 0.15) is 11.9 Å². The van der Waals surface area contributed by atoms with Gasteiger partial charge in [0.05, 0.1) is 12.8 Å². The number of hydrogen-bond acceptors (Lipinski definition) is 3. The van der Waals surface area contributed by atoms with Gasteiger partial charge in [0.15, 0.2) is 5.11 Å². The van der Waals surface area contributed by atoms with E-state index in [2.05, 4.69) is 22.9 Å². The van der Waals surface area contributed by atoms with Crippen LogP contribution in [0.25, 0.3) is 0 Å². The Hall–Kier alpha value is -0.950. The molecule has 0 aromatic heterocycles. The lowest BCUT2D eigenvalue weighted by Crippen LogP contribution is -2.56. The number of benzene rings is 1. The minimum absolute atomic E-state index is 0.185. The van der Waals surface area contributed by atoms with Crippen molar-refractivity contribution in [1.29, 1.82) is 0 Å². The molecular formula is C24H38Cl3N3O2S. The van der Waals surface area contributed by atoms with Crippen LogP contribution in [0.3, 0.4) is 0 Å². The van der Waals surface area contributed by atoms with Gasteiger partial charge in [-0.15, -0.1) is 0 Å². The molecule has 1 aromatic rings. The maximum absolute atomic E-state index is 12.4. The predicted octanol–water partition coefficient (Wildman–Crippen LogP) is 7.50. The zero-order valence-corrected chi connectivity index (χ0v) is 22.8. The number of para-hydroxylation sites is 2. The first-order chi connectivity index (χ1) is 15.8. The van der Waals surface area contributed by atoms with Gasteiger partial charge in [0.25, 0.3) is 0 Å². The van der Waals surface area contributed by atoms with Gasteiger partial charge in [0, 0.05) is 6.42 Å². The number of anilines is 1. The van der Waals surface area contributed by atoms with Crippen LogP contribution in [0.15, 0.2) is 24.3 Å². The van der Waals surface area contributed by atoms with Gasteiger partial charge >= 0.3 is 0 Å². The highest BCUT2D eigenvalue weighted by Crippen LogP contribution is 2.29. The number of carbonyl (C=O) groups is 1. The molecule has 0 aliphatic carbocycles. The molecule has 0 unspecified atom stereocenters. The molecule has 0 radical (unpaired) electrons. The number of ether oxygens (including phenoxy) is 1. The van der Waals surface area contributed by atoms with Crippen LogP contribution in [0.5, 0.6) is 5.75 Å². The van der Waals surface area contributed by atoms with Crippen molar-refractivity contribution in [3.05, 3.63) is 24.3 Å². The number of rotatable bonds is 16. The topological polar surface area (TPSA) is 62.4 Å². The number of methoxy groups -OCH3 is 1. The number of amides is 1. The van der Waals surface area contributed by atoms with E-state index in [9.17, 15) is 4.79 Å².